The molecule has 1 atom stereocenters. The summed E-state index contributed by atoms with van der Waals surface area (Å²) in [5.74, 6) is 0.150. The van der Waals surface area contributed by atoms with Gasteiger partial charge in [0.25, 0.3) is 0 Å². The molecule has 0 radical (unpaired) electrons. The highest BCUT2D eigenvalue weighted by atomic mass is 16.5. The van der Waals surface area contributed by atoms with Crippen LogP contribution in [0.3, 0.4) is 0 Å². The maximum atomic E-state index is 13.2. The van der Waals surface area contributed by atoms with E-state index < -0.39 is 5.41 Å². The Morgan fingerprint density at radius 3 is 2.13 bits per heavy atom. The highest BCUT2D eigenvalue weighted by Crippen LogP contribution is 2.44. The van der Waals surface area contributed by atoms with E-state index in [0.29, 0.717) is 28.3 Å². The van der Waals surface area contributed by atoms with Gasteiger partial charge in [-0.15, -0.1) is 0 Å². The largest absolute Gasteiger partial charge is 0.496 e. The third-order valence-corrected chi connectivity index (χ3v) is 4.29. The quantitative estimate of drug-likeness (QED) is 0.885. The minimum Gasteiger partial charge on any atom is -0.496 e. The lowest BCUT2D eigenvalue weighted by atomic mass is 9.72. The van der Waals surface area contributed by atoms with E-state index >= 15 is 0 Å². The molecule has 1 amide bonds. The Morgan fingerprint density at radius 1 is 0.913 bits per heavy atom. The number of rotatable bonds is 3. The molecule has 1 aliphatic rings. The van der Waals surface area contributed by atoms with E-state index in [9.17, 15) is 9.59 Å². The van der Waals surface area contributed by atoms with Crippen LogP contribution in [0.4, 0.5) is 5.69 Å². The normalized spacial score (nSPS) is 19.8. The third kappa shape index (κ3) is 2.08. The number of carbonyl (C=O) groups is 2. The number of hydrogen-bond donors (Lipinski definition) is 1. The number of anilines is 1. The minimum absolute atomic E-state index is 0.307. The lowest BCUT2D eigenvalue weighted by Crippen LogP contribution is -2.48. The molecule has 0 saturated heterocycles. The van der Waals surface area contributed by atoms with Crippen molar-refractivity contribution in [2.24, 2.45) is 0 Å². The molecule has 0 bridgehead atoms. The van der Waals surface area contributed by atoms with E-state index in [-0.39, 0.29) is 11.7 Å². The Labute approximate surface area is 134 Å². The summed E-state index contributed by atoms with van der Waals surface area (Å²) in [5.41, 5.74) is 0.0135. The van der Waals surface area contributed by atoms with Gasteiger partial charge in [0.2, 0.25) is 5.91 Å². The van der Waals surface area contributed by atoms with E-state index in [1.165, 1.54) is 14.2 Å². The molecule has 5 heteroatoms. The molecule has 3 rings (SSSR count). The Hall–Kier alpha value is -2.82. The molecular weight excluding hydrogens is 294 g/mol. The van der Waals surface area contributed by atoms with Crippen molar-refractivity contribution in [3.8, 4) is 11.5 Å². The fourth-order valence-corrected chi connectivity index (χ4v) is 2.88. The molecule has 0 saturated carbocycles. The van der Waals surface area contributed by atoms with Gasteiger partial charge in [0.05, 0.1) is 25.5 Å². The first-order valence-electron chi connectivity index (χ1n) is 7.20. The molecule has 1 aliphatic heterocycles. The number of nitrogens with one attached hydrogen (secondary N) is 1. The van der Waals surface area contributed by atoms with Crippen molar-refractivity contribution in [2.75, 3.05) is 19.5 Å². The third-order valence-electron chi connectivity index (χ3n) is 4.29. The van der Waals surface area contributed by atoms with E-state index in [1.807, 2.05) is 6.07 Å². The molecule has 5 nitrogen and oxygen atoms in total. The molecular formula is C18H17NO4. The van der Waals surface area contributed by atoms with Crippen LogP contribution in [-0.4, -0.2) is 25.9 Å². The number of methoxy groups -OCH3 is 2. The molecule has 0 fully saturated rings. The van der Waals surface area contributed by atoms with Gasteiger partial charge in [-0.2, -0.15) is 0 Å². The van der Waals surface area contributed by atoms with Crippen LogP contribution in [-0.2, 0) is 10.2 Å². The molecule has 1 heterocycles. The molecule has 118 valence electrons. The minimum atomic E-state index is -1.31. The van der Waals surface area contributed by atoms with Crippen molar-refractivity contribution >= 4 is 17.4 Å². The standard InChI is InChI=1S/C18H17NO4/c1-18(11-7-5-4-6-8-11)16(20)14-12(22-2)9-10-13(23-3)15(14)19-17(18)21/h4-10H,1-3H3,(H,19,21). The summed E-state index contributed by atoms with van der Waals surface area (Å²) in [6, 6.07) is 12.3. The first-order chi connectivity index (χ1) is 11.0. The lowest BCUT2D eigenvalue weighted by Gasteiger charge is -2.34. The fraction of sp³-hybridized carbons (Fsp3) is 0.222. The molecule has 2 aromatic rings. The highest BCUT2D eigenvalue weighted by Gasteiger charge is 2.49. The van der Waals surface area contributed by atoms with Gasteiger partial charge in [-0.25, -0.2) is 0 Å². The number of fused-ring (bicyclic) bond motifs is 1. The topological polar surface area (TPSA) is 64.6 Å². The zero-order chi connectivity index (χ0) is 16.6. The molecule has 0 spiro atoms. The maximum Gasteiger partial charge on any atom is 0.242 e. The van der Waals surface area contributed by atoms with Crippen LogP contribution >= 0.6 is 0 Å². The summed E-state index contributed by atoms with van der Waals surface area (Å²) in [5, 5.41) is 2.81. The van der Waals surface area contributed by atoms with Crippen molar-refractivity contribution in [3.63, 3.8) is 0 Å². The first-order valence-corrected chi connectivity index (χ1v) is 7.20. The van der Waals surface area contributed by atoms with Gasteiger partial charge >= 0.3 is 0 Å². The number of hydrogen-bond acceptors (Lipinski definition) is 4. The van der Waals surface area contributed by atoms with Crippen molar-refractivity contribution in [3.05, 3.63) is 53.6 Å². The van der Waals surface area contributed by atoms with Gasteiger partial charge in [-0.1, -0.05) is 30.3 Å². The molecule has 1 N–H and O–H groups in total. The summed E-state index contributed by atoms with van der Waals surface area (Å²) in [4.78, 5) is 25.9. The number of benzene rings is 2. The van der Waals surface area contributed by atoms with Crippen LogP contribution in [0.1, 0.15) is 22.8 Å². The molecule has 0 aromatic heterocycles. The Morgan fingerprint density at radius 2 is 1.52 bits per heavy atom. The summed E-state index contributed by atoms with van der Waals surface area (Å²) in [7, 11) is 2.98. The second-order valence-electron chi connectivity index (χ2n) is 5.49. The monoisotopic (exact) mass is 311 g/mol. The Kier molecular flexibility index (Phi) is 3.56. The van der Waals surface area contributed by atoms with Crippen LogP contribution in [0.5, 0.6) is 11.5 Å². The number of carbonyl (C=O) groups excluding carboxylic acids is 2. The van der Waals surface area contributed by atoms with Crippen molar-refractivity contribution in [2.45, 2.75) is 12.3 Å². The fourth-order valence-electron chi connectivity index (χ4n) is 2.88. The average molecular weight is 311 g/mol. The Balaban J connectivity index is 2.25. The summed E-state index contributed by atoms with van der Waals surface area (Å²) in [6.07, 6.45) is 0. The highest BCUT2D eigenvalue weighted by molar-refractivity contribution is 6.29. The molecule has 2 aromatic carbocycles. The number of amides is 1. The van der Waals surface area contributed by atoms with E-state index in [4.69, 9.17) is 9.47 Å². The van der Waals surface area contributed by atoms with Crippen LogP contribution in [0, 0.1) is 0 Å². The summed E-state index contributed by atoms with van der Waals surface area (Å²) < 4.78 is 10.6. The molecule has 0 aliphatic carbocycles. The van der Waals surface area contributed by atoms with Gasteiger partial charge in [-0.3, -0.25) is 9.59 Å². The number of ketones is 1. The predicted molar refractivity (Wildman–Crippen MR) is 86.3 cm³/mol. The first kappa shape index (κ1) is 15.1. The van der Waals surface area contributed by atoms with Crippen molar-refractivity contribution < 1.29 is 19.1 Å². The van der Waals surface area contributed by atoms with Crippen molar-refractivity contribution in [1.29, 1.82) is 0 Å². The SMILES string of the molecule is COc1ccc(OC)c2c1NC(=O)C(C)(c1ccccc1)C2=O. The maximum absolute atomic E-state index is 13.2. The summed E-state index contributed by atoms with van der Waals surface area (Å²) in [6.45, 7) is 1.63. The van der Waals surface area contributed by atoms with E-state index in [1.54, 1.807) is 43.3 Å². The van der Waals surface area contributed by atoms with Gasteiger partial charge < -0.3 is 14.8 Å². The van der Waals surface area contributed by atoms with Crippen LogP contribution in [0.15, 0.2) is 42.5 Å². The number of Topliss-reactive ketones (excluding diaryl/α,β-unsaturated/α-hetero) is 1. The molecule has 23 heavy (non-hydrogen) atoms. The summed E-state index contributed by atoms with van der Waals surface area (Å²) >= 11 is 0. The zero-order valence-corrected chi connectivity index (χ0v) is 13.2. The second-order valence-corrected chi connectivity index (χ2v) is 5.49. The predicted octanol–water partition coefficient (Wildman–Crippen LogP) is 2.80. The van der Waals surface area contributed by atoms with Gasteiger partial charge in [0, 0.05) is 0 Å². The van der Waals surface area contributed by atoms with Crippen LogP contribution in [0.25, 0.3) is 0 Å². The zero-order valence-electron chi connectivity index (χ0n) is 13.2. The van der Waals surface area contributed by atoms with Crippen LogP contribution in [0.2, 0.25) is 0 Å². The van der Waals surface area contributed by atoms with Gasteiger partial charge in [-0.05, 0) is 24.6 Å². The van der Waals surface area contributed by atoms with Crippen molar-refractivity contribution in [1.82, 2.24) is 0 Å². The number of ether oxygens (including phenoxy) is 2. The average Bonchev–Trinajstić information content (AvgIpc) is 2.59. The van der Waals surface area contributed by atoms with E-state index in [2.05, 4.69) is 5.32 Å². The smallest absolute Gasteiger partial charge is 0.242 e. The molecule has 1 unspecified atom stereocenters. The Bertz CT molecular complexity index is 785. The van der Waals surface area contributed by atoms with Crippen LogP contribution < -0.4 is 14.8 Å². The van der Waals surface area contributed by atoms with Gasteiger partial charge in [0.15, 0.2) is 5.78 Å². The van der Waals surface area contributed by atoms with Gasteiger partial charge in [0.1, 0.15) is 16.9 Å². The van der Waals surface area contributed by atoms with E-state index in [0.717, 1.165) is 0 Å². The lowest BCUT2D eigenvalue weighted by molar-refractivity contribution is -0.119. The second kappa shape index (κ2) is 5.43.